The lowest BCUT2D eigenvalue weighted by Crippen LogP contribution is -2.47. The molecule has 1 heterocycles. The highest BCUT2D eigenvalue weighted by Crippen LogP contribution is 2.14. The number of rotatable bonds is 10. The summed E-state index contributed by atoms with van der Waals surface area (Å²) in [5.41, 5.74) is -0.481. The average molecular weight is 570 g/mol. The largest absolute Gasteiger partial charge is 0.444 e. The monoisotopic (exact) mass is 569 g/mol. The van der Waals surface area contributed by atoms with E-state index in [4.69, 9.17) is 9.47 Å². The van der Waals surface area contributed by atoms with Crippen LogP contribution >= 0.6 is 24.0 Å². The summed E-state index contributed by atoms with van der Waals surface area (Å²) in [4.78, 5) is 30.2. The Bertz CT molecular complexity index is 573. The van der Waals surface area contributed by atoms with Gasteiger partial charge in [0, 0.05) is 45.2 Å². The zero-order chi connectivity index (χ0) is 23.3. The Balaban J connectivity index is 0.00000961. The number of nitrogens with one attached hydrogen (secondary N) is 3. The first-order valence-electron chi connectivity index (χ1n) is 11.5. The van der Waals surface area contributed by atoms with Crippen molar-refractivity contribution in [2.75, 3.05) is 45.9 Å². The Morgan fingerprint density at radius 3 is 2.31 bits per heavy atom. The molecule has 0 unspecified atom stereocenters. The Kier molecular flexibility index (Phi) is 15.7. The number of amides is 2. The lowest BCUT2D eigenvalue weighted by atomic mass is 10.1. The van der Waals surface area contributed by atoms with E-state index < -0.39 is 5.60 Å². The van der Waals surface area contributed by atoms with E-state index in [0.29, 0.717) is 26.2 Å². The molecule has 0 bridgehead atoms. The molecule has 1 fully saturated rings. The van der Waals surface area contributed by atoms with Gasteiger partial charge in [-0.3, -0.25) is 9.79 Å². The zero-order valence-electron chi connectivity index (χ0n) is 20.7. The normalized spacial score (nSPS) is 15.2. The van der Waals surface area contributed by atoms with E-state index in [9.17, 15) is 9.59 Å². The topological polar surface area (TPSA) is 104 Å². The highest BCUT2D eigenvalue weighted by Gasteiger charge is 2.22. The number of carbonyl (C=O) groups is 2. The summed E-state index contributed by atoms with van der Waals surface area (Å²) < 4.78 is 11.2. The maximum atomic E-state index is 11.6. The number of hydrogen-bond donors (Lipinski definition) is 3. The molecule has 32 heavy (non-hydrogen) atoms. The van der Waals surface area contributed by atoms with Gasteiger partial charge in [0.2, 0.25) is 5.91 Å². The number of halogens is 1. The Morgan fingerprint density at radius 1 is 1.09 bits per heavy atom. The van der Waals surface area contributed by atoms with Crippen LogP contribution in [0.4, 0.5) is 4.79 Å². The molecule has 0 saturated carbocycles. The van der Waals surface area contributed by atoms with Gasteiger partial charge in [-0.15, -0.1) is 24.0 Å². The van der Waals surface area contributed by atoms with E-state index in [2.05, 4.69) is 32.8 Å². The second-order valence-electron chi connectivity index (χ2n) is 9.02. The van der Waals surface area contributed by atoms with Crippen LogP contribution < -0.4 is 16.0 Å². The summed E-state index contributed by atoms with van der Waals surface area (Å²) in [6.07, 6.45) is 2.47. The molecule has 0 radical (unpaired) electrons. The maximum absolute atomic E-state index is 11.6. The number of likely N-dealkylation sites (tertiary alicyclic amines) is 1. The van der Waals surface area contributed by atoms with Crippen molar-refractivity contribution in [3.63, 3.8) is 0 Å². The van der Waals surface area contributed by atoms with Crippen LogP contribution in [0, 0.1) is 5.92 Å². The summed E-state index contributed by atoms with van der Waals surface area (Å²) in [6.45, 7) is 16.2. The van der Waals surface area contributed by atoms with Crippen LogP contribution in [-0.2, 0) is 14.3 Å². The fourth-order valence-electron chi connectivity index (χ4n) is 3.03. The van der Waals surface area contributed by atoms with Gasteiger partial charge in [0.05, 0.1) is 12.6 Å². The van der Waals surface area contributed by atoms with Gasteiger partial charge >= 0.3 is 6.09 Å². The molecule has 0 spiro atoms. The van der Waals surface area contributed by atoms with E-state index in [1.165, 1.54) is 0 Å². The van der Waals surface area contributed by atoms with Crippen LogP contribution in [0.2, 0.25) is 0 Å². The van der Waals surface area contributed by atoms with Crippen molar-refractivity contribution in [3.8, 4) is 0 Å². The number of carbonyl (C=O) groups excluding carboxylic acids is 2. The van der Waals surface area contributed by atoms with Crippen LogP contribution in [0.3, 0.4) is 0 Å². The third kappa shape index (κ3) is 14.0. The summed E-state index contributed by atoms with van der Waals surface area (Å²) >= 11 is 0. The van der Waals surface area contributed by atoms with Gasteiger partial charge in [0.1, 0.15) is 5.60 Å². The van der Waals surface area contributed by atoms with Crippen molar-refractivity contribution in [3.05, 3.63) is 0 Å². The predicted octanol–water partition coefficient (Wildman–Crippen LogP) is 2.74. The smallest absolute Gasteiger partial charge is 0.407 e. The van der Waals surface area contributed by atoms with Gasteiger partial charge in [-0.25, -0.2) is 4.79 Å². The average Bonchev–Trinajstić information content (AvgIpc) is 2.69. The minimum atomic E-state index is -0.481. The van der Waals surface area contributed by atoms with Crippen molar-refractivity contribution >= 4 is 41.9 Å². The van der Waals surface area contributed by atoms with Crippen LogP contribution in [-0.4, -0.2) is 80.4 Å². The van der Waals surface area contributed by atoms with Crippen molar-refractivity contribution in [1.82, 2.24) is 20.9 Å². The first-order chi connectivity index (χ1) is 14.6. The molecule has 1 rings (SSSR count). The molecular weight excluding hydrogens is 525 g/mol. The lowest BCUT2D eigenvalue weighted by Gasteiger charge is -2.34. The minimum Gasteiger partial charge on any atom is -0.444 e. The fourth-order valence-corrected chi connectivity index (χ4v) is 3.03. The Hall–Kier alpha value is -1.30. The van der Waals surface area contributed by atoms with E-state index in [-0.39, 0.29) is 48.0 Å². The molecule has 10 heteroatoms. The summed E-state index contributed by atoms with van der Waals surface area (Å²) in [5, 5.41) is 8.98. The third-order valence-electron chi connectivity index (χ3n) is 4.62. The SMILES string of the molecule is CCNC(=NCCNC(=O)C(C)C)N1CCC(OCCCNC(=O)OC(C)(C)C)CC1.I. The van der Waals surface area contributed by atoms with Gasteiger partial charge in [0.25, 0.3) is 0 Å². The molecule has 2 amide bonds. The third-order valence-corrected chi connectivity index (χ3v) is 4.62. The van der Waals surface area contributed by atoms with E-state index in [1.54, 1.807) is 0 Å². The molecular formula is C22H44IN5O4. The molecule has 0 aromatic rings. The van der Waals surface area contributed by atoms with E-state index in [1.807, 2.05) is 34.6 Å². The Labute approximate surface area is 210 Å². The van der Waals surface area contributed by atoms with Crippen molar-refractivity contribution in [2.24, 2.45) is 10.9 Å². The minimum absolute atomic E-state index is 0. The number of nitrogens with zero attached hydrogens (tertiary/aromatic N) is 2. The van der Waals surface area contributed by atoms with Crippen LogP contribution in [0.1, 0.15) is 60.8 Å². The molecule has 1 saturated heterocycles. The maximum Gasteiger partial charge on any atom is 0.407 e. The molecule has 3 N–H and O–H groups in total. The molecule has 9 nitrogen and oxygen atoms in total. The number of aliphatic imine (C=N–C) groups is 1. The summed E-state index contributed by atoms with van der Waals surface area (Å²) in [6, 6.07) is 0. The van der Waals surface area contributed by atoms with E-state index in [0.717, 1.165) is 44.9 Å². The molecule has 1 aliphatic heterocycles. The first-order valence-corrected chi connectivity index (χ1v) is 11.5. The van der Waals surface area contributed by atoms with Crippen LogP contribution in [0.25, 0.3) is 0 Å². The van der Waals surface area contributed by atoms with Crippen molar-refractivity contribution in [2.45, 2.75) is 72.5 Å². The van der Waals surface area contributed by atoms with Gasteiger partial charge in [0.15, 0.2) is 5.96 Å². The highest BCUT2D eigenvalue weighted by atomic mass is 127. The zero-order valence-corrected chi connectivity index (χ0v) is 23.0. The predicted molar refractivity (Wildman–Crippen MR) is 139 cm³/mol. The second-order valence-corrected chi connectivity index (χ2v) is 9.02. The van der Waals surface area contributed by atoms with Gasteiger partial charge in [-0.2, -0.15) is 0 Å². The van der Waals surface area contributed by atoms with Crippen LogP contribution in [0.15, 0.2) is 4.99 Å². The number of hydrogen-bond acceptors (Lipinski definition) is 5. The molecule has 0 atom stereocenters. The molecule has 0 aromatic heterocycles. The first kappa shape index (κ1) is 30.7. The van der Waals surface area contributed by atoms with Crippen molar-refractivity contribution in [1.29, 1.82) is 0 Å². The summed E-state index contributed by atoms with van der Waals surface area (Å²) in [7, 11) is 0. The number of alkyl carbamates (subject to hydrolysis) is 1. The van der Waals surface area contributed by atoms with Gasteiger partial charge < -0.3 is 30.3 Å². The van der Waals surface area contributed by atoms with Gasteiger partial charge in [-0.1, -0.05) is 13.8 Å². The molecule has 0 aromatic carbocycles. The fraction of sp³-hybridized carbons (Fsp3) is 0.864. The lowest BCUT2D eigenvalue weighted by molar-refractivity contribution is -0.123. The second kappa shape index (κ2) is 16.3. The number of piperidine rings is 1. The Morgan fingerprint density at radius 2 is 1.75 bits per heavy atom. The molecule has 1 aliphatic rings. The van der Waals surface area contributed by atoms with E-state index >= 15 is 0 Å². The standard InChI is InChI=1S/C22H43N5O4.HI/c1-7-23-20(25-13-12-24-19(28)17(2)3)27-14-9-18(10-15-27)30-16-8-11-26-21(29)31-22(4,5)6;/h17-18H,7-16H2,1-6H3,(H,23,25)(H,24,28)(H,26,29);1H. The quantitative estimate of drug-likeness (QED) is 0.162. The molecule has 0 aliphatic carbocycles. The number of guanidine groups is 1. The highest BCUT2D eigenvalue weighted by molar-refractivity contribution is 14.0. The summed E-state index contributed by atoms with van der Waals surface area (Å²) in [5.74, 6) is 0.935. The van der Waals surface area contributed by atoms with Crippen molar-refractivity contribution < 1.29 is 19.1 Å². The number of ether oxygens (including phenoxy) is 2. The molecule has 188 valence electrons. The van der Waals surface area contributed by atoms with Crippen LogP contribution in [0.5, 0.6) is 0 Å². The van der Waals surface area contributed by atoms with Gasteiger partial charge in [-0.05, 0) is 47.0 Å².